The molecular weight excluding hydrogens is 468 g/mol. The van der Waals surface area contributed by atoms with Crippen LogP contribution in [0.2, 0.25) is 0 Å². The summed E-state index contributed by atoms with van der Waals surface area (Å²) in [7, 11) is 4.63. The van der Waals surface area contributed by atoms with Crippen molar-refractivity contribution in [1.29, 1.82) is 0 Å². The number of carbonyl (C=O) groups excluding carboxylic acids is 1. The zero-order valence-corrected chi connectivity index (χ0v) is 20.8. The van der Waals surface area contributed by atoms with Crippen LogP contribution in [-0.2, 0) is 31.5 Å². The lowest BCUT2D eigenvalue weighted by atomic mass is 9.89. The Bertz CT molecular complexity index is 1140. The average Bonchev–Trinajstić information content (AvgIpc) is 3.50. The van der Waals surface area contributed by atoms with Crippen LogP contribution < -0.4 is 18.9 Å². The van der Waals surface area contributed by atoms with Crippen molar-refractivity contribution in [2.75, 3.05) is 34.5 Å². The lowest BCUT2D eigenvalue weighted by Gasteiger charge is -2.26. The van der Waals surface area contributed by atoms with Gasteiger partial charge in [-0.05, 0) is 54.5 Å². The minimum absolute atomic E-state index is 0.104. The van der Waals surface area contributed by atoms with E-state index in [9.17, 15) is 9.90 Å². The fourth-order valence-corrected chi connectivity index (χ4v) is 4.13. The van der Waals surface area contributed by atoms with Crippen LogP contribution in [0.5, 0.6) is 23.0 Å². The molecule has 0 aliphatic carbocycles. The highest BCUT2D eigenvalue weighted by Gasteiger charge is 2.50. The molecule has 1 atom stereocenters. The SMILES string of the molecule is CCCCOc1c(OC)cc(CC2=C(C3=CCOO3)C(=O)OC2(O)c2ccc(OC)cc2)cc1OC. The lowest BCUT2D eigenvalue weighted by Crippen LogP contribution is -2.29. The summed E-state index contributed by atoms with van der Waals surface area (Å²) in [5, 5.41) is 11.7. The van der Waals surface area contributed by atoms with Gasteiger partial charge in [0.15, 0.2) is 17.3 Å². The van der Waals surface area contributed by atoms with Gasteiger partial charge in [0.05, 0.1) is 27.9 Å². The third-order valence-electron chi connectivity index (χ3n) is 6.01. The zero-order chi connectivity index (χ0) is 25.7. The van der Waals surface area contributed by atoms with E-state index < -0.39 is 11.8 Å². The molecule has 36 heavy (non-hydrogen) atoms. The molecule has 0 bridgehead atoms. The molecule has 2 aliphatic rings. The molecule has 2 heterocycles. The van der Waals surface area contributed by atoms with E-state index >= 15 is 0 Å². The molecule has 0 amide bonds. The third kappa shape index (κ3) is 4.84. The largest absolute Gasteiger partial charge is 0.497 e. The number of hydrogen-bond acceptors (Lipinski definition) is 9. The number of esters is 1. The average molecular weight is 499 g/mol. The van der Waals surface area contributed by atoms with Gasteiger partial charge in [-0.1, -0.05) is 13.3 Å². The Hall–Kier alpha value is -3.69. The second kappa shape index (κ2) is 10.9. The normalized spacial score (nSPS) is 19.0. The Balaban J connectivity index is 1.79. The third-order valence-corrected chi connectivity index (χ3v) is 6.01. The number of rotatable bonds is 11. The molecule has 0 spiro atoms. The second-order valence-corrected chi connectivity index (χ2v) is 8.26. The summed E-state index contributed by atoms with van der Waals surface area (Å²) in [4.78, 5) is 23.2. The predicted molar refractivity (Wildman–Crippen MR) is 129 cm³/mol. The standard InChI is InChI=1S/C27H30O9/c1-5-6-12-33-25-22(31-3)15-17(16-23(25)32-4)14-20-24(21-11-13-34-36-21)26(28)35-27(20,29)18-7-9-19(30-2)10-8-18/h7-11,15-16,29H,5-6,12-14H2,1-4H3. The fourth-order valence-electron chi connectivity index (χ4n) is 4.13. The Labute approximate surface area is 209 Å². The van der Waals surface area contributed by atoms with Crippen molar-refractivity contribution in [3.63, 3.8) is 0 Å². The molecule has 9 nitrogen and oxygen atoms in total. The van der Waals surface area contributed by atoms with Crippen LogP contribution in [0.4, 0.5) is 0 Å². The molecule has 1 unspecified atom stereocenters. The maximum absolute atomic E-state index is 13.0. The molecular formula is C27H30O9. The number of cyclic esters (lactones) is 1. The van der Waals surface area contributed by atoms with Crippen LogP contribution in [0.1, 0.15) is 30.9 Å². The lowest BCUT2D eigenvalue weighted by molar-refractivity contribution is -0.231. The van der Waals surface area contributed by atoms with E-state index in [-0.39, 0.29) is 29.9 Å². The molecule has 2 aromatic rings. The highest BCUT2D eigenvalue weighted by molar-refractivity contribution is 5.97. The summed E-state index contributed by atoms with van der Waals surface area (Å²) in [6.45, 7) is 2.77. The first-order valence-electron chi connectivity index (χ1n) is 11.7. The molecule has 192 valence electrons. The molecule has 2 aromatic carbocycles. The highest BCUT2D eigenvalue weighted by Crippen LogP contribution is 2.46. The van der Waals surface area contributed by atoms with Crippen LogP contribution in [0.15, 0.2) is 59.4 Å². The maximum Gasteiger partial charge on any atom is 0.345 e. The molecule has 4 rings (SSSR count). The van der Waals surface area contributed by atoms with E-state index in [0.29, 0.717) is 40.7 Å². The molecule has 0 radical (unpaired) electrons. The Morgan fingerprint density at radius 3 is 2.28 bits per heavy atom. The predicted octanol–water partition coefficient (Wildman–Crippen LogP) is 3.98. The topological polar surface area (TPSA) is 102 Å². The van der Waals surface area contributed by atoms with Crippen molar-refractivity contribution in [1.82, 2.24) is 0 Å². The first kappa shape index (κ1) is 25.4. The fraction of sp³-hybridized carbons (Fsp3) is 0.370. The van der Waals surface area contributed by atoms with Crippen LogP contribution in [0.3, 0.4) is 0 Å². The molecule has 1 N–H and O–H groups in total. The van der Waals surface area contributed by atoms with Gasteiger partial charge in [-0.25, -0.2) is 4.79 Å². The number of methoxy groups -OCH3 is 3. The van der Waals surface area contributed by atoms with Gasteiger partial charge >= 0.3 is 5.97 Å². The smallest absolute Gasteiger partial charge is 0.345 e. The van der Waals surface area contributed by atoms with Crippen molar-refractivity contribution in [2.45, 2.75) is 32.0 Å². The van der Waals surface area contributed by atoms with Crippen molar-refractivity contribution < 1.29 is 43.4 Å². The van der Waals surface area contributed by atoms with Crippen LogP contribution in [-0.4, -0.2) is 45.6 Å². The Morgan fingerprint density at radius 1 is 1.03 bits per heavy atom. The second-order valence-electron chi connectivity index (χ2n) is 8.26. The van der Waals surface area contributed by atoms with Gasteiger partial charge in [-0.15, -0.1) is 0 Å². The first-order chi connectivity index (χ1) is 17.4. The molecule has 9 heteroatoms. The quantitative estimate of drug-likeness (QED) is 0.280. The summed E-state index contributed by atoms with van der Waals surface area (Å²) < 4.78 is 27.9. The van der Waals surface area contributed by atoms with Crippen LogP contribution >= 0.6 is 0 Å². The van der Waals surface area contributed by atoms with Gasteiger partial charge in [-0.2, -0.15) is 4.89 Å². The summed E-state index contributed by atoms with van der Waals surface area (Å²) >= 11 is 0. The number of hydrogen-bond donors (Lipinski definition) is 1. The number of unbranched alkanes of at least 4 members (excludes halogenated alkanes) is 1. The Morgan fingerprint density at radius 2 is 1.72 bits per heavy atom. The minimum Gasteiger partial charge on any atom is -0.497 e. The summed E-state index contributed by atoms with van der Waals surface area (Å²) in [5.41, 5.74) is 1.45. The monoisotopic (exact) mass is 498 g/mol. The number of ether oxygens (including phenoxy) is 5. The van der Waals surface area contributed by atoms with Crippen molar-refractivity contribution in [2.24, 2.45) is 0 Å². The number of carbonyl (C=O) groups is 1. The van der Waals surface area contributed by atoms with Gasteiger partial charge in [0.25, 0.3) is 5.79 Å². The maximum atomic E-state index is 13.0. The molecule has 0 fully saturated rings. The van der Waals surface area contributed by atoms with Crippen molar-refractivity contribution >= 4 is 5.97 Å². The molecule has 0 saturated carbocycles. The van der Waals surface area contributed by atoms with Crippen molar-refractivity contribution in [3.8, 4) is 23.0 Å². The highest BCUT2D eigenvalue weighted by atomic mass is 17.2. The van der Waals surface area contributed by atoms with E-state index in [1.54, 1.807) is 63.8 Å². The summed E-state index contributed by atoms with van der Waals surface area (Å²) in [6.07, 6.45) is 3.60. The van der Waals surface area contributed by atoms with E-state index in [4.69, 9.17) is 33.5 Å². The van der Waals surface area contributed by atoms with Crippen LogP contribution in [0.25, 0.3) is 0 Å². The minimum atomic E-state index is -2.04. The van der Waals surface area contributed by atoms with Gasteiger partial charge in [0, 0.05) is 17.6 Å². The summed E-state index contributed by atoms with van der Waals surface area (Å²) in [5.74, 6) is -0.536. The van der Waals surface area contributed by atoms with Crippen molar-refractivity contribution in [3.05, 3.63) is 70.5 Å². The van der Waals surface area contributed by atoms with Crippen LogP contribution in [0, 0.1) is 0 Å². The number of aliphatic hydroxyl groups is 1. The van der Waals surface area contributed by atoms with Gasteiger partial charge in [0.2, 0.25) is 5.75 Å². The van der Waals surface area contributed by atoms with E-state index in [2.05, 4.69) is 6.92 Å². The zero-order valence-electron chi connectivity index (χ0n) is 20.8. The molecule has 0 saturated heterocycles. The molecule has 0 aromatic heterocycles. The van der Waals surface area contributed by atoms with Gasteiger partial charge in [0.1, 0.15) is 17.9 Å². The molecule has 2 aliphatic heterocycles. The van der Waals surface area contributed by atoms with E-state index in [1.165, 1.54) is 0 Å². The van der Waals surface area contributed by atoms with Gasteiger partial charge < -0.3 is 33.7 Å². The van der Waals surface area contributed by atoms with E-state index in [1.807, 2.05) is 0 Å². The first-order valence-corrected chi connectivity index (χ1v) is 11.7. The Kier molecular flexibility index (Phi) is 7.71. The van der Waals surface area contributed by atoms with E-state index in [0.717, 1.165) is 12.8 Å². The van der Waals surface area contributed by atoms with Gasteiger partial charge in [-0.3, -0.25) is 0 Å². The number of benzene rings is 2. The summed E-state index contributed by atoms with van der Waals surface area (Å²) in [6, 6.07) is 10.2.